The highest BCUT2D eigenvalue weighted by Crippen LogP contribution is 2.32. The van der Waals surface area contributed by atoms with Gasteiger partial charge in [-0.25, -0.2) is 0 Å². The number of methoxy groups -OCH3 is 1. The summed E-state index contributed by atoms with van der Waals surface area (Å²) in [6, 6.07) is 6.49. The predicted molar refractivity (Wildman–Crippen MR) is 79.7 cm³/mol. The molecule has 1 N–H and O–H groups in total. The number of rotatable bonds is 5. The summed E-state index contributed by atoms with van der Waals surface area (Å²) in [7, 11) is 1.70. The molecule has 3 nitrogen and oxygen atoms in total. The molecule has 0 saturated carbocycles. The van der Waals surface area contributed by atoms with Crippen LogP contribution in [0.1, 0.15) is 44.7 Å². The Morgan fingerprint density at radius 2 is 2.00 bits per heavy atom. The Morgan fingerprint density at radius 1 is 1.37 bits per heavy atom. The highest BCUT2D eigenvalue weighted by atomic mass is 16.5. The first kappa shape index (κ1) is 15.4. The maximum absolute atomic E-state index is 9.06. The Kier molecular flexibility index (Phi) is 4.83. The normalized spacial score (nSPS) is 11.3. The second-order valence-electron chi connectivity index (χ2n) is 5.91. The van der Waals surface area contributed by atoms with Gasteiger partial charge >= 0.3 is 0 Å². The number of nitrogens with zero attached hydrogens (tertiary/aromatic N) is 1. The Morgan fingerprint density at radius 3 is 2.47 bits per heavy atom. The van der Waals surface area contributed by atoms with Crippen molar-refractivity contribution in [3.63, 3.8) is 0 Å². The minimum atomic E-state index is -0.371. The van der Waals surface area contributed by atoms with Gasteiger partial charge in [-0.2, -0.15) is 5.26 Å². The van der Waals surface area contributed by atoms with Gasteiger partial charge in [0, 0.05) is 12.2 Å². The van der Waals surface area contributed by atoms with E-state index < -0.39 is 0 Å². The van der Waals surface area contributed by atoms with E-state index in [0.717, 1.165) is 17.0 Å². The zero-order valence-electron chi connectivity index (χ0n) is 12.8. The van der Waals surface area contributed by atoms with Crippen molar-refractivity contribution in [2.75, 3.05) is 19.0 Å². The summed E-state index contributed by atoms with van der Waals surface area (Å²) in [5, 5.41) is 12.4. The van der Waals surface area contributed by atoms with Crippen molar-refractivity contribution in [2.45, 2.75) is 40.5 Å². The van der Waals surface area contributed by atoms with E-state index in [1.54, 1.807) is 7.11 Å². The maximum atomic E-state index is 9.06. The maximum Gasteiger partial charge on any atom is 0.122 e. The van der Waals surface area contributed by atoms with Gasteiger partial charge in [-0.1, -0.05) is 13.8 Å². The van der Waals surface area contributed by atoms with Crippen LogP contribution >= 0.6 is 0 Å². The predicted octanol–water partition coefficient (Wildman–Crippen LogP) is 4.09. The number of nitrogens with one attached hydrogen (secondary N) is 1. The highest BCUT2D eigenvalue weighted by molar-refractivity contribution is 5.58. The number of hydrogen-bond donors (Lipinski definition) is 1. The molecular formula is C16H24N2O. The lowest BCUT2D eigenvalue weighted by Crippen LogP contribution is -2.21. The molecule has 1 aromatic carbocycles. The molecule has 0 unspecified atom stereocenters. The van der Waals surface area contributed by atoms with Crippen LogP contribution in [0.2, 0.25) is 0 Å². The van der Waals surface area contributed by atoms with Crippen LogP contribution < -0.4 is 10.1 Å². The number of hydrogen-bond acceptors (Lipinski definition) is 3. The van der Waals surface area contributed by atoms with E-state index in [4.69, 9.17) is 10.00 Å². The third-order valence-corrected chi connectivity index (χ3v) is 3.22. The molecule has 3 heteroatoms. The Bertz CT molecular complexity index is 484. The molecule has 0 aliphatic heterocycles. The van der Waals surface area contributed by atoms with Gasteiger partial charge in [-0.15, -0.1) is 0 Å². The van der Waals surface area contributed by atoms with Crippen molar-refractivity contribution >= 4 is 5.69 Å². The molecule has 0 fully saturated rings. The average molecular weight is 260 g/mol. The molecule has 0 aliphatic rings. The number of benzene rings is 1. The molecule has 0 aliphatic carbocycles. The van der Waals surface area contributed by atoms with E-state index in [-0.39, 0.29) is 5.41 Å². The summed E-state index contributed by atoms with van der Waals surface area (Å²) < 4.78 is 5.43. The standard InChI is InChI=1S/C16H24N2O/c1-11(2)13-8-14(12(3)7-15(13)19-6)18-10-16(4,5)9-17/h7-8,11,18H,10H2,1-6H3. The van der Waals surface area contributed by atoms with E-state index in [9.17, 15) is 0 Å². The molecule has 1 rings (SSSR count). The van der Waals surface area contributed by atoms with Crippen LogP contribution in [0.5, 0.6) is 5.75 Å². The van der Waals surface area contributed by atoms with Gasteiger partial charge < -0.3 is 10.1 Å². The SMILES string of the molecule is COc1cc(C)c(NCC(C)(C)C#N)cc1C(C)C. The summed E-state index contributed by atoms with van der Waals surface area (Å²) in [5.74, 6) is 1.33. The second-order valence-corrected chi connectivity index (χ2v) is 5.91. The van der Waals surface area contributed by atoms with Gasteiger partial charge in [0.15, 0.2) is 0 Å². The molecular weight excluding hydrogens is 236 g/mol. The van der Waals surface area contributed by atoms with E-state index in [1.807, 2.05) is 20.8 Å². The average Bonchev–Trinajstić information content (AvgIpc) is 2.36. The highest BCUT2D eigenvalue weighted by Gasteiger charge is 2.17. The smallest absolute Gasteiger partial charge is 0.122 e. The lowest BCUT2D eigenvalue weighted by Gasteiger charge is -2.20. The van der Waals surface area contributed by atoms with Crippen molar-refractivity contribution in [2.24, 2.45) is 5.41 Å². The van der Waals surface area contributed by atoms with Crippen molar-refractivity contribution < 1.29 is 4.74 Å². The summed E-state index contributed by atoms with van der Waals surface area (Å²) in [6.45, 7) is 10.8. The molecule has 104 valence electrons. The molecule has 0 bridgehead atoms. The molecule has 0 radical (unpaired) electrons. The molecule has 0 amide bonds. The fraction of sp³-hybridized carbons (Fsp3) is 0.562. The van der Waals surface area contributed by atoms with Crippen LogP contribution in [0.25, 0.3) is 0 Å². The third kappa shape index (κ3) is 3.89. The van der Waals surface area contributed by atoms with Gasteiger partial charge in [0.2, 0.25) is 0 Å². The number of nitriles is 1. The summed E-state index contributed by atoms with van der Waals surface area (Å²) in [4.78, 5) is 0. The van der Waals surface area contributed by atoms with Crippen LogP contribution in [0.15, 0.2) is 12.1 Å². The molecule has 19 heavy (non-hydrogen) atoms. The summed E-state index contributed by atoms with van der Waals surface area (Å²) in [5.41, 5.74) is 3.03. The third-order valence-electron chi connectivity index (χ3n) is 3.22. The number of ether oxygens (including phenoxy) is 1. The Balaban J connectivity index is 3.03. The Hall–Kier alpha value is -1.69. The van der Waals surface area contributed by atoms with E-state index >= 15 is 0 Å². The van der Waals surface area contributed by atoms with Gasteiger partial charge in [0.1, 0.15) is 5.75 Å². The molecule has 0 heterocycles. The van der Waals surface area contributed by atoms with Gasteiger partial charge in [0.05, 0.1) is 18.6 Å². The fourth-order valence-electron chi connectivity index (χ4n) is 1.87. The molecule has 0 atom stereocenters. The van der Waals surface area contributed by atoms with Crippen molar-refractivity contribution in [3.05, 3.63) is 23.3 Å². The van der Waals surface area contributed by atoms with E-state index in [1.165, 1.54) is 5.56 Å². The summed E-state index contributed by atoms with van der Waals surface area (Å²) >= 11 is 0. The van der Waals surface area contributed by atoms with Gasteiger partial charge in [0.25, 0.3) is 0 Å². The van der Waals surface area contributed by atoms with Crippen molar-refractivity contribution in [1.82, 2.24) is 0 Å². The minimum absolute atomic E-state index is 0.371. The zero-order valence-corrected chi connectivity index (χ0v) is 12.8. The van der Waals surface area contributed by atoms with Crippen LogP contribution in [0.3, 0.4) is 0 Å². The lowest BCUT2D eigenvalue weighted by atomic mass is 9.95. The molecule has 0 spiro atoms. The first-order valence-electron chi connectivity index (χ1n) is 6.64. The second kappa shape index (κ2) is 5.97. The van der Waals surface area contributed by atoms with Crippen LogP contribution in [0.4, 0.5) is 5.69 Å². The van der Waals surface area contributed by atoms with Gasteiger partial charge in [-0.05, 0) is 49.9 Å². The van der Waals surface area contributed by atoms with Crippen LogP contribution in [-0.4, -0.2) is 13.7 Å². The van der Waals surface area contributed by atoms with Crippen LogP contribution in [0, 0.1) is 23.7 Å². The topological polar surface area (TPSA) is 45.0 Å². The fourth-order valence-corrected chi connectivity index (χ4v) is 1.87. The zero-order chi connectivity index (χ0) is 14.6. The van der Waals surface area contributed by atoms with E-state index in [0.29, 0.717) is 12.5 Å². The number of anilines is 1. The molecule has 0 saturated heterocycles. The summed E-state index contributed by atoms with van der Waals surface area (Å²) in [6.07, 6.45) is 0. The van der Waals surface area contributed by atoms with Crippen LogP contribution in [-0.2, 0) is 0 Å². The first-order chi connectivity index (χ1) is 8.80. The molecule has 0 aromatic heterocycles. The van der Waals surface area contributed by atoms with Crippen molar-refractivity contribution in [3.8, 4) is 11.8 Å². The largest absolute Gasteiger partial charge is 0.496 e. The van der Waals surface area contributed by atoms with Crippen molar-refractivity contribution in [1.29, 1.82) is 5.26 Å². The monoisotopic (exact) mass is 260 g/mol. The minimum Gasteiger partial charge on any atom is -0.496 e. The number of aryl methyl sites for hydroxylation is 1. The molecule has 1 aromatic rings. The Labute approximate surface area is 116 Å². The van der Waals surface area contributed by atoms with Gasteiger partial charge in [-0.3, -0.25) is 0 Å². The first-order valence-corrected chi connectivity index (χ1v) is 6.64. The lowest BCUT2D eigenvalue weighted by molar-refractivity contribution is 0.407. The van der Waals surface area contributed by atoms with E-state index in [2.05, 4.69) is 37.4 Å². The quantitative estimate of drug-likeness (QED) is 0.867.